The number of benzene rings is 4. The second kappa shape index (κ2) is 15.7. The third-order valence-corrected chi connectivity index (χ3v) is 7.95. The van der Waals surface area contributed by atoms with E-state index in [9.17, 15) is 24.6 Å². The van der Waals surface area contributed by atoms with Crippen molar-refractivity contribution < 1.29 is 29.3 Å². The molecule has 0 saturated heterocycles. The van der Waals surface area contributed by atoms with Crippen LogP contribution in [-0.4, -0.2) is 52.2 Å². The number of nitrogens with zero attached hydrogens (tertiary/aromatic N) is 1. The molecule has 3 unspecified atom stereocenters. The zero-order valence-electron chi connectivity index (χ0n) is 24.5. The Hall–Kier alpha value is -4.62. The zero-order chi connectivity index (χ0) is 31.5. The molecule has 0 aliphatic carbocycles. The van der Waals surface area contributed by atoms with Crippen LogP contribution in [0.5, 0.6) is 5.75 Å². The molecule has 1 amide bonds. The van der Waals surface area contributed by atoms with E-state index in [4.69, 9.17) is 16.3 Å². The molecule has 8 heteroatoms. The van der Waals surface area contributed by atoms with Gasteiger partial charge in [-0.2, -0.15) is 0 Å². The Labute approximate surface area is 262 Å². The average Bonchev–Trinajstić information content (AvgIpc) is 3.01. The average molecular weight is 614 g/mol. The largest absolute Gasteiger partial charge is 0.492 e. The van der Waals surface area contributed by atoms with Gasteiger partial charge in [-0.3, -0.25) is 14.4 Å². The molecule has 44 heavy (non-hydrogen) atoms. The Morgan fingerprint density at radius 3 is 2.23 bits per heavy atom. The van der Waals surface area contributed by atoms with Gasteiger partial charge in [-0.1, -0.05) is 90.5 Å². The van der Waals surface area contributed by atoms with Crippen LogP contribution in [0.2, 0.25) is 5.02 Å². The molecule has 0 aliphatic rings. The molecule has 0 bridgehead atoms. The molecule has 7 nitrogen and oxygen atoms in total. The van der Waals surface area contributed by atoms with Crippen LogP contribution in [0.3, 0.4) is 0 Å². The molecular formula is C36H36ClNO6. The number of hydrogen-bond donors (Lipinski definition) is 2. The standard InChI is InChI=1S/C36H36ClNO6/c1-25(38(20-21-44-32-11-3-2-4-12-32)34(39)23-30(36(42)43)24-35(40)41)33(28-16-18-31(37)19-17-28)13-7-8-26-14-15-27-9-5-6-10-29(27)22-26/h2-12,14-19,22,25,30,33H,13,20-21,23-24H2,1H3,(H,40,41)(H,42,43)/b8-7+. The first kappa shape index (κ1) is 32.3. The lowest BCUT2D eigenvalue weighted by atomic mass is 9.87. The van der Waals surface area contributed by atoms with Crippen molar-refractivity contribution in [2.45, 2.75) is 38.1 Å². The van der Waals surface area contributed by atoms with E-state index >= 15 is 0 Å². The van der Waals surface area contributed by atoms with Gasteiger partial charge < -0.3 is 19.8 Å². The van der Waals surface area contributed by atoms with Crippen molar-refractivity contribution in [2.75, 3.05) is 13.2 Å². The quantitative estimate of drug-likeness (QED) is 0.143. The van der Waals surface area contributed by atoms with E-state index in [-0.39, 0.29) is 25.1 Å². The maximum absolute atomic E-state index is 13.7. The molecule has 4 aromatic carbocycles. The maximum Gasteiger partial charge on any atom is 0.307 e. The van der Waals surface area contributed by atoms with Gasteiger partial charge in [0.1, 0.15) is 12.4 Å². The summed E-state index contributed by atoms with van der Waals surface area (Å²) in [6.45, 7) is 2.29. The fraction of sp³-hybridized carbons (Fsp3) is 0.250. The van der Waals surface area contributed by atoms with E-state index in [0.717, 1.165) is 21.9 Å². The summed E-state index contributed by atoms with van der Waals surface area (Å²) in [6, 6.07) is 30.7. The molecular weight excluding hydrogens is 578 g/mol. The molecule has 0 saturated carbocycles. The molecule has 0 spiro atoms. The number of rotatable bonds is 15. The van der Waals surface area contributed by atoms with Crippen molar-refractivity contribution in [1.29, 1.82) is 0 Å². The number of ether oxygens (including phenoxy) is 1. The van der Waals surface area contributed by atoms with Crippen molar-refractivity contribution in [2.24, 2.45) is 5.92 Å². The number of para-hydroxylation sites is 1. The number of carboxylic acids is 2. The fourth-order valence-electron chi connectivity index (χ4n) is 5.32. The Bertz CT molecular complexity index is 1590. The van der Waals surface area contributed by atoms with Crippen LogP contribution in [0.4, 0.5) is 0 Å². The van der Waals surface area contributed by atoms with Gasteiger partial charge >= 0.3 is 11.9 Å². The van der Waals surface area contributed by atoms with Crippen molar-refractivity contribution in [3.05, 3.63) is 119 Å². The van der Waals surface area contributed by atoms with Gasteiger partial charge in [-0.25, -0.2) is 0 Å². The van der Waals surface area contributed by atoms with Crippen LogP contribution in [-0.2, 0) is 14.4 Å². The highest BCUT2D eigenvalue weighted by atomic mass is 35.5. The SMILES string of the molecule is CC(C(C/C=C/c1ccc2ccccc2c1)c1ccc(Cl)cc1)N(CCOc1ccccc1)C(=O)CC(CC(=O)O)C(=O)O. The first-order valence-electron chi connectivity index (χ1n) is 14.5. The minimum Gasteiger partial charge on any atom is -0.492 e. The predicted molar refractivity (Wildman–Crippen MR) is 173 cm³/mol. The molecule has 0 heterocycles. The summed E-state index contributed by atoms with van der Waals surface area (Å²) in [5, 5.41) is 21.8. The van der Waals surface area contributed by atoms with Crippen LogP contribution in [0.25, 0.3) is 16.8 Å². The van der Waals surface area contributed by atoms with E-state index in [1.54, 1.807) is 4.90 Å². The third-order valence-electron chi connectivity index (χ3n) is 7.70. The Morgan fingerprint density at radius 1 is 0.864 bits per heavy atom. The minimum atomic E-state index is -1.34. The van der Waals surface area contributed by atoms with Gasteiger partial charge in [0.25, 0.3) is 0 Å². The minimum absolute atomic E-state index is 0.174. The highest BCUT2D eigenvalue weighted by molar-refractivity contribution is 6.30. The maximum atomic E-state index is 13.7. The second-order valence-electron chi connectivity index (χ2n) is 10.7. The molecule has 0 radical (unpaired) electrons. The highest BCUT2D eigenvalue weighted by Gasteiger charge is 2.32. The van der Waals surface area contributed by atoms with E-state index in [2.05, 4.69) is 42.5 Å². The van der Waals surface area contributed by atoms with Crippen LogP contribution in [0.15, 0.2) is 103 Å². The Morgan fingerprint density at radius 2 is 1.55 bits per heavy atom. The van der Waals surface area contributed by atoms with Gasteiger partial charge in [0.2, 0.25) is 5.91 Å². The molecule has 2 N–H and O–H groups in total. The molecule has 0 aliphatic heterocycles. The zero-order valence-corrected chi connectivity index (χ0v) is 25.3. The van der Waals surface area contributed by atoms with Crippen LogP contribution in [0, 0.1) is 5.92 Å². The highest BCUT2D eigenvalue weighted by Crippen LogP contribution is 2.30. The first-order chi connectivity index (χ1) is 21.2. The third kappa shape index (κ3) is 9.19. The Kier molecular flexibility index (Phi) is 11.5. The molecule has 4 rings (SSSR count). The van der Waals surface area contributed by atoms with Crippen molar-refractivity contribution in [3.8, 4) is 5.75 Å². The van der Waals surface area contributed by atoms with Gasteiger partial charge in [-0.05, 0) is 65.6 Å². The van der Waals surface area contributed by atoms with Gasteiger partial charge in [0.05, 0.1) is 18.9 Å². The van der Waals surface area contributed by atoms with E-state index in [0.29, 0.717) is 17.2 Å². The summed E-state index contributed by atoms with van der Waals surface area (Å²) < 4.78 is 5.89. The number of allylic oxidation sites excluding steroid dienone is 1. The normalized spacial score (nSPS) is 13.3. The fourth-order valence-corrected chi connectivity index (χ4v) is 5.45. The van der Waals surface area contributed by atoms with Crippen molar-refractivity contribution >= 4 is 46.3 Å². The summed E-state index contributed by atoms with van der Waals surface area (Å²) in [5.41, 5.74) is 2.01. The van der Waals surface area contributed by atoms with Gasteiger partial charge in [-0.15, -0.1) is 0 Å². The number of aliphatic carboxylic acids is 2. The topological polar surface area (TPSA) is 104 Å². The summed E-state index contributed by atoms with van der Waals surface area (Å²) in [5.74, 6) is -3.90. The summed E-state index contributed by atoms with van der Waals surface area (Å²) in [7, 11) is 0. The lowest BCUT2D eigenvalue weighted by molar-refractivity contribution is -0.151. The van der Waals surface area contributed by atoms with Crippen LogP contribution >= 0.6 is 11.6 Å². The summed E-state index contributed by atoms with van der Waals surface area (Å²) in [4.78, 5) is 38.5. The number of carbonyl (C=O) groups excluding carboxylic acids is 1. The van der Waals surface area contributed by atoms with Crippen molar-refractivity contribution in [3.63, 3.8) is 0 Å². The number of fused-ring (bicyclic) bond motifs is 1. The Balaban J connectivity index is 1.60. The summed E-state index contributed by atoms with van der Waals surface area (Å²) in [6.07, 6.45) is 3.64. The number of carbonyl (C=O) groups is 3. The number of amides is 1. The van der Waals surface area contributed by atoms with Gasteiger partial charge in [0.15, 0.2) is 0 Å². The second-order valence-corrected chi connectivity index (χ2v) is 11.2. The molecule has 228 valence electrons. The van der Waals surface area contributed by atoms with Crippen LogP contribution < -0.4 is 4.74 Å². The van der Waals surface area contributed by atoms with Crippen molar-refractivity contribution in [1.82, 2.24) is 4.90 Å². The first-order valence-corrected chi connectivity index (χ1v) is 14.9. The molecule has 3 atom stereocenters. The van der Waals surface area contributed by atoms with Crippen LogP contribution in [0.1, 0.15) is 43.2 Å². The van der Waals surface area contributed by atoms with E-state index in [1.807, 2.05) is 73.7 Å². The van der Waals surface area contributed by atoms with E-state index in [1.165, 1.54) is 0 Å². The molecule has 0 fully saturated rings. The molecule has 0 aromatic heterocycles. The predicted octanol–water partition coefficient (Wildman–Crippen LogP) is 7.54. The monoisotopic (exact) mass is 613 g/mol. The lowest BCUT2D eigenvalue weighted by Gasteiger charge is -2.35. The van der Waals surface area contributed by atoms with E-state index < -0.39 is 36.6 Å². The number of carboxylic acid groups (broad SMARTS) is 2. The smallest absolute Gasteiger partial charge is 0.307 e. The lowest BCUT2D eigenvalue weighted by Crippen LogP contribution is -2.45. The molecule has 4 aromatic rings. The summed E-state index contributed by atoms with van der Waals surface area (Å²) >= 11 is 6.20. The number of hydrogen-bond acceptors (Lipinski definition) is 4. The number of halogens is 1. The van der Waals surface area contributed by atoms with Gasteiger partial charge in [0, 0.05) is 23.4 Å².